The molecule has 0 fully saturated rings. The molecule has 2 rings (SSSR count). The Hall–Kier alpha value is -1.93. The number of aryl methyl sites for hydroxylation is 1. The molecular weight excluding hydrogens is 480 g/mol. The van der Waals surface area contributed by atoms with Gasteiger partial charge in [0, 0.05) is 12.5 Å². The quantitative estimate of drug-likeness (QED) is 0.273. The van der Waals surface area contributed by atoms with Crippen LogP contribution in [0.5, 0.6) is 17.2 Å². The third kappa shape index (κ3) is 7.78. The Morgan fingerprint density at radius 1 is 1.03 bits per heavy atom. The molecule has 0 unspecified atom stereocenters. The molecule has 29 heavy (non-hydrogen) atoms. The van der Waals surface area contributed by atoms with Gasteiger partial charge in [0.2, 0.25) is 0 Å². The summed E-state index contributed by atoms with van der Waals surface area (Å²) in [5, 5.41) is 0.354. The number of alkyl halides is 3. The summed E-state index contributed by atoms with van der Waals surface area (Å²) in [4.78, 5) is 0. The number of rotatable bonds is 9. The molecule has 0 spiro atoms. The molecule has 0 N–H and O–H groups in total. The summed E-state index contributed by atoms with van der Waals surface area (Å²) in [5.74, 6) is 1.33. The fraction of sp³-hybridized carbons (Fsp3) is 0.300. The van der Waals surface area contributed by atoms with Crippen LogP contribution in [0.3, 0.4) is 0 Å². The molecule has 2 aromatic carbocycles. The minimum Gasteiger partial charge on any atom is -0.493 e. The number of benzene rings is 2. The molecule has 3 nitrogen and oxygen atoms in total. The molecular formula is C20H18BrClF4O3. The lowest BCUT2D eigenvalue weighted by atomic mass is 10.2. The molecule has 0 heterocycles. The summed E-state index contributed by atoms with van der Waals surface area (Å²) >= 11 is 8.88. The van der Waals surface area contributed by atoms with Gasteiger partial charge < -0.3 is 14.2 Å². The van der Waals surface area contributed by atoms with E-state index in [0.29, 0.717) is 35.3 Å². The highest BCUT2D eigenvalue weighted by molar-refractivity contribution is 9.11. The van der Waals surface area contributed by atoms with Crippen LogP contribution in [0.1, 0.15) is 17.5 Å². The van der Waals surface area contributed by atoms with Gasteiger partial charge in [-0.2, -0.15) is 17.6 Å². The second kappa shape index (κ2) is 10.7. The standard InChI is InChI=1S/C20H18BrClF4O3/c1-13-11-16(28-10-7-18(21)23)12-17(22)19(13)29-9-2-8-27-15-5-3-14(4-6-15)20(24,25)26/h3-7,11-12H,2,8-10H2,1H3/b18-7+. The Morgan fingerprint density at radius 3 is 2.28 bits per heavy atom. The van der Waals surface area contributed by atoms with E-state index in [2.05, 4.69) is 15.9 Å². The van der Waals surface area contributed by atoms with Crippen molar-refractivity contribution in [3.05, 3.63) is 63.4 Å². The van der Waals surface area contributed by atoms with Gasteiger partial charge in [-0.05, 0) is 64.8 Å². The average molecular weight is 498 g/mol. The highest BCUT2D eigenvalue weighted by Crippen LogP contribution is 2.33. The summed E-state index contributed by atoms with van der Waals surface area (Å²) in [6.07, 6.45) is -2.64. The Morgan fingerprint density at radius 2 is 1.69 bits per heavy atom. The second-order valence-electron chi connectivity index (χ2n) is 5.93. The maximum Gasteiger partial charge on any atom is 0.416 e. The molecule has 0 saturated heterocycles. The van der Waals surface area contributed by atoms with E-state index >= 15 is 0 Å². The van der Waals surface area contributed by atoms with Gasteiger partial charge in [0.15, 0.2) is 4.74 Å². The number of hydrogen-bond acceptors (Lipinski definition) is 3. The molecule has 0 aromatic heterocycles. The van der Waals surface area contributed by atoms with Crippen LogP contribution < -0.4 is 14.2 Å². The van der Waals surface area contributed by atoms with Crippen LogP contribution in [0.25, 0.3) is 0 Å². The van der Waals surface area contributed by atoms with Crippen molar-refractivity contribution in [1.29, 1.82) is 0 Å². The van der Waals surface area contributed by atoms with Crippen molar-refractivity contribution in [1.82, 2.24) is 0 Å². The predicted octanol–water partition coefficient (Wildman–Crippen LogP) is 7.10. The lowest BCUT2D eigenvalue weighted by molar-refractivity contribution is -0.137. The van der Waals surface area contributed by atoms with Gasteiger partial charge in [-0.3, -0.25) is 0 Å². The zero-order valence-electron chi connectivity index (χ0n) is 15.4. The first kappa shape index (κ1) is 23.3. The van der Waals surface area contributed by atoms with Crippen LogP contribution in [0.2, 0.25) is 5.02 Å². The van der Waals surface area contributed by atoms with Crippen LogP contribution in [-0.4, -0.2) is 19.8 Å². The van der Waals surface area contributed by atoms with Gasteiger partial charge in [0.1, 0.15) is 23.9 Å². The van der Waals surface area contributed by atoms with Crippen molar-refractivity contribution < 1.29 is 31.8 Å². The van der Waals surface area contributed by atoms with Crippen molar-refractivity contribution in [2.75, 3.05) is 19.8 Å². The van der Waals surface area contributed by atoms with E-state index in [1.807, 2.05) is 0 Å². The smallest absolute Gasteiger partial charge is 0.416 e. The largest absolute Gasteiger partial charge is 0.493 e. The molecule has 2 aromatic rings. The minimum absolute atomic E-state index is 0.0499. The van der Waals surface area contributed by atoms with Crippen molar-refractivity contribution in [2.45, 2.75) is 19.5 Å². The van der Waals surface area contributed by atoms with E-state index in [0.717, 1.165) is 17.7 Å². The summed E-state index contributed by atoms with van der Waals surface area (Å²) in [5.41, 5.74) is 0.0264. The first-order chi connectivity index (χ1) is 13.7. The van der Waals surface area contributed by atoms with Crippen molar-refractivity contribution >= 4 is 27.5 Å². The van der Waals surface area contributed by atoms with Crippen molar-refractivity contribution in [3.8, 4) is 17.2 Å². The summed E-state index contributed by atoms with van der Waals surface area (Å²) in [6, 6.07) is 7.80. The third-order valence-electron chi connectivity index (χ3n) is 3.68. The molecule has 0 radical (unpaired) electrons. The highest BCUT2D eigenvalue weighted by Gasteiger charge is 2.29. The lowest BCUT2D eigenvalue weighted by Gasteiger charge is -2.14. The van der Waals surface area contributed by atoms with E-state index < -0.39 is 16.5 Å². The SMILES string of the molecule is Cc1cc(OC/C=C(/F)Br)cc(Cl)c1OCCCOc1ccc(C(F)(F)F)cc1. The fourth-order valence-electron chi connectivity index (χ4n) is 2.33. The summed E-state index contributed by atoms with van der Waals surface area (Å²) < 4.78 is 66.1. The molecule has 0 atom stereocenters. The molecule has 0 aliphatic heterocycles. The number of halogens is 6. The van der Waals surface area contributed by atoms with Crippen LogP contribution in [-0.2, 0) is 6.18 Å². The fourth-order valence-corrected chi connectivity index (χ4v) is 2.77. The Bertz CT molecular complexity index is 812. The van der Waals surface area contributed by atoms with Crippen LogP contribution in [0.4, 0.5) is 17.6 Å². The minimum atomic E-state index is -4.37. The van der Waals surface area contributed by atoms with Gasteiger partial charge >= 0.3 is 6.18 Å². The van der Waals surface area contributed by atoms with E-state index in [1.54, 1.807) is 19.1 Å². The molecule has 158 valence electrons. The second-order valence-corrected chi connectivity index (χ2v) is 7.09. The molecule has 0 saturated carbocycles. The zero-order valence-corrected chi connectivity index (χ0v) is 17.7. The summed E-state index contributed by atoms with van der Waals surface area (Å²) in [7, 11) is 0. The van der Waals surface area contributed by atoms with E-state index in [9.17, 15) is 17.6 Å². The van der Waals surface area contributed by atoms with Crippen LogP contribution in [0.15, 0.2) is 47.2 Å². The normalized spacial score (nSPS) is 12.0. The molecule has 0 aliphatic carbocycles. The van der Waals surface area contributed by atoms with Gasteiger partial charge in [-0.15, -0.1) is 0 Å². The average Bonchev–Trinajstić information content (AvgIpc) is 2.62. The van der Waals surface area contributed by atoms with Crippen LogP contribution >= 0.6 is 27.5 Å². The topological polar surface area (TPSA) is 27.7 Å². The van der Waals surface area contributed by atoms with Gasteiger partial charge in [0.25, 0.3) is 0 Å². The number of ether oxygens (including phenoxy) is 3. The molecule has 0 aliphatic rings. The zero-order chi connectivity index (χ0) is 21.4. The molecule has 0 bridgehead atoms. The number of hydrogen-bond donors (Lipinski definition) is 0. The van der Waals surface area contributed by atoms with Crippen molar-refractivity contribution in [3.63, 3.8) is 0 Å². The third-order valence-corrected chi connectivity index (χ3v) is 4.28. The van der Waals surface area contributed by atoms with E-state index in [4.69, 9.17) is 25.8 Å². The van der Waals surface area contributed by atoms with Gasteiger partial charge in [0.05, 0.1) is 23.8 Å². The Balaban J connectivity index is 1.79. The van der Waals surface area contributed by atoms with Gasteiger partial charge in [-0.25, -0.2) is 0 Å². The molecule has 9 heteroatoms. The van der Waals surface area contributed by atoms with E-state index in [1.165, 1.54) is 18.2 Å². The first-order valence-corrected chi connectivity index (χ1v) is 9.71. The highest BCUT2D eigenvalue weighted by atomic mass is 79.9. The van der Waals surface area contributed by atoms with E-state index in [-0.39, 0.29) is 13.2 Å². The maximum absolute atomic E-state index is 12.6. The monoisotopic (exact) mass is 496 g/mol. The Kier molecular flexibility index (Phi) is 8.64. The summed E-state index contributed by atoms with van der Waals surface area (Å²) in [6.45, 7) is 2.43. The predicted molar refractivity (Wildman–Crippen MR) is 107 cm³/mol. The Labute approximate surface area is 179 Å². The maximum atomic E-state index is 12.6. The molecule has 0 amide bonds. The van der Waals surface area contributed by atoms with Gasteiger partial charge in [-0.1, -0.05) is 11.6 Å². The first-order valence-electron chi connectivity index (χ1n) is 8.54. The lowest BCUT2D eigenvalue weighted by Crippen LogP contribution is -2.07. The van der Waals surface area contributed by atoms with Crippen molar-refractivity contribution in [2.24, 2.45) is 0 Å². The van der Waals surface area contributed by atoms with Crippen LogP contribution in [0, 0.1) is 6.92 Å².